The van der Waals surface area contributed by atoms with Crippen LogP contribution in [0.5, 0.6) is 5.75 Å². The van der Waals surface area contributed by atoms with Gasteiger partial charge in [0.25, 0.3) is 0 Å². The molecule has 0 N–H and O–H groups in total. The first kappa shape index (κ1) is 9.58. The van der Waals surface area contributed by atoms with E-state index in [9.17, 15) is 0 Å². The first-order valence-corrected chi connectivity index (χ1v) is 4.59. The van der Waals surface area contributed by atoms with Crippen LogP contribution in [0, 0.1) is 6.92 Å². The maximum Gasteiger partial charge on any atom is 0.181 e. The Bertz CT molecular complexity index is 457. The summed E-state index contributed by atoms with van der Waals surface area (Å²) < 4.78 is 5.24. The summed E-state index contributed by atoms with van der Waals surface area (Å²) >= 11 is 0. The average molecular weight is 201 g/mol. The van der Waals surface area contributed by atoms with Crippen LogP contribution in [0.2, 0.25) is 0 Å². The van der Waals surface area contributed by atoms with Crippen molar-refractivity contribution >= 4 is 0 Å². The fourth-order valence-corrected chi connectivity index (χ4v) is 1.29. The average Bonchev–Trinajstić information content (AvgIpc) is 2.30. The molecule has 4 heteroatoms. The maximum atomic E-state index is 5.24. The summed E-state index contributed by atoms with van der Waals surface area (Å²) in [5.74, 6) is 1.27. The monoisotopic (exact) mass is 201 g/mol. The summed E-state index contributed by atoms with van der Waals surface area (Å²) in [5, 5.41) is 0. The van der Waals surface area contributed by atoms with Crippen molar-refractivity contribution in [2.75, 3.05) is 7.11 Å². The first-order valence-electron chi connectivity index (χ1n) is 4.59. The zero-order valence-corrected chi connectivity index (χ0v) is 8.64. The Labute approximate surface area is 88.0 Å². The lowest BCUT2D eigenvalue weighted by molar-refractivity contribution is 0.414. The van der Waals surface area contributed by atoms with Crippen molar-refractivity contribution in [1.82, 2.24) is 15.0 Å². The topological polar surface area (TPSA) is 47.9 Å². The number of nitrogens with zero attached hydrogens (tertiary/aromatic N) is 3. The third-order valence-corrected chi connectivity index (χ3v) is 1.99. The van der Waals surface area contributed by atoms with Gasteiger partial charge in [0.05, 0.1) is 7.11 Å². The van der Waals surface area contributed by atoms with Gasteiger partial charge in [-0.1, -0.05) is 0 Å². The van der Waals surface area contributed by atoms with Gasteiger partial charge in [-0.15, -0.1) is 0 Å². The number of rotatable bonds is 2. The molecule has 0 aliphatic carbocycles. The second kappa shape index (κ2) is 4.04. The van der Waals surface area contributed by atoms with Crippen LogP contribution in [0.4, 0.5) is 0 Å². The highest BCUT2D eigenvalue weighted by molar-refractivity contribution is 5.58. The highest BCUT2D eigenvalue weighted by atomic mass is 16.5. The summed E-state index contributed by atoms with van der Waals surface area (Å²) in [7, 11) is 1.61. The molecule has 0 atom stereocenters. The van der Waals surface area contributed by atoms with Gasteiger partial charge in [0.2, 0.25) is 0 Å². The summed E-state index contributed by atoms with van der Waals surface area (Å²) in [6, 6.07) is 3.68. The number of methoxy groups -OCH3 is 1. The van der Waals surface area contributed by atoms with Gasteiger partial charge in [0, 0.05) is 18.6 Å². The second-order valence-electron chi connectivity index (χ2n) is 3.14. The van der Waals surface area contributed by atoms with E-state index in [-0.39, 0.29) is 0 Å². The number of aromatic nitrogens is 3. The van der Waals surface area contributed by atoms with Crippen molar-refractivity contribution in [2.24, 2.45) is 0 Å². The van der Waals surface area contributed by atoms with Crippen molar-refractivity contribution < 1.29 is 4.74 Å². The van der Waals surface area contributed by atoms with Gasteiger partial charge < -0.3 is 4.74 Å². The lowest BCUT2D eigenvalue weighted by Crippen LogP contribution is -1.95. The molecule has 0 aliphatic heterocycles. The van der Waals surface area contributed by atoms with E-state index >= 15 is 0 Å². The Morgan fingerprint density at radius 2 is 1.87 bits per heavy atom. The minimum Gasteiger partial charge on any atom is -0.494 e. The minimum atomic E-state index is 0.578. The number of pyridine rings is 1. The van der Waals surface area contributed by atoms with Gasteiger partial charge in [-0.2, -0.15) is 0 Å². The molecule has 76 valence electrons. The lowest BCUT2D eigenvalue weighted by atomic mass is 10.2. The largest absolute Gasteiger partial charge is 0.494 e. The molecular formula is C11H11N3O. The van der Waals surface area contributed by atoms with E-state index in [0.717, 1.165) is 5.56 Å². The predicted octanol–water partition coefficient (Wildman–Crippen LogP) is 1.86. The third kappa shape index (κ3) is 1.93. The molecule has 0 bridgehead atoms. The highest BCUT2D eigenvalue weighted by Crippen LogP contribution is 2.24. The van der Waals surface area contributed by atoms with Crippen LogP contribution in [0.15, 0.2) is 30.7 Å². The molecule has 15 heavy (non-hydrogen) atoms. The van der Waals surface area contributed by atoms with Crippen molar-refractivity contribution in [3.8, 4) is 17.3 Å². The van der Waals surface area contributed by atoms with E-state index in [0.29, 0.717) is 17.3 Å². The summed E-state index contributed by atoms with van der Waals surface area (Å²) in [4.78, 5) is 12.5. The predicted molar refractivity (Wildman–Crippen MR) is 56.6 cm³/mol. The third-order valence-electron chi connectivity index (χ3n) is 1.99. The van der Waals surface area contributed by atoms with Gasteiger partial charge in [-0.05, 0) is 24.6 Å². The van der Waals surface area contributed by atoms with Gasteiger partial charge in [-0.25, -0.2) is 15.0 Å². The zero-order valence-electron chi connectivity index (χ0n) is 8.64. The molecule has 0 saturated carbocycles. The Balaban J connectivity index is 2.53. The maximum absolute atomic E-state index is 5.24. The van der Waals surface area contributed by atoms with E-state index in [1.807, 2.05) is 13.0 Å². The van der Waals surface area contributed by atoms with Crippen LogP contribution < -0.4 is 4.74 Å². The fraction of sp³-hybridized carbons (Fsp3) is 0.182. The molecule has 0 saturated heterocycles. The van der Waals surface area contributed by atoms with Crippen LogP contribution in [-0.4, -0.2) is 22.1 Å². The highest BCUT2D eigenvalue weighted by Gasteiger charge is 2.09. The molecule has 4 nitrogen and oxygen atoms in total. The number of hydrogen-bond acceptors (Lipinski definition) is 4. The number of hydrogen-bond donors (Lipinski definition) is 0. The van der Waals surface area contributed by atoms with Crippen LogP contribution in [0.1, 0.15) is 5.56 Å². The summed E-state index contributed by atoms with van der Waals surface area (Å²) in [6.07, 6.45) is 5.14. The molecule has 0 radical (unpaired) electrons. The number of aryl methyl sites for hydroxylation is 1. The van der Waals surface area contributed by atoms with E-state index < -0.39 is 0 Å². The van der Waals surface area contributed by atoms with Crippen molar-refractivity contribution in [3.63, 3.8) is 0 Å². The van der Waals surface area contributed by atoms with Crippen LogP contribution in [0.3, 0.4) is 0 Å². The molecule has 2 heterocycles. The Hall–Kier alpha value is -1.97. The Morgan fingerprint density at radius 3 is 2.53 bits per heavy atom. The normalized spacial score (nSPS) is 10.0. The van der Waals surface area contributed by atoms with Crippen LogP contribution in [-0.2, 0) is 0 Å². The lowest BCUT2D eigenvalue weighted by Gasteiger charge is -2.06. The van der Waals surface area contributed by atoms with Gasteiger partial charge in [0.1, 0.15) is 11.4 Å². The van der Waals surface area contributed by atoms with Gasteiger partial charge in [0.15, 0.2) is 5.82 Å². The zero-order chi connectivity index (χ0) is 10.7. The smallest absolute Gasteiger partial charge is 0.181 e. The Morgan fingerprint density at radius 1 is 1.13 bits per heavy atom. The van der Waals surface area contributed by atoms with Gasteiger partial charge >= 0.3 is 0 Å². The Kier molecular flexibility index (Phi) is 2.58. The molecule has 2 rings (SSSR count). The van der Waals surface area contributed by atoms with Crippen LogP contribution in [0.25, 0.3) is 11.5 Å². The van der Waals surface area contributed by atoms with E-state index in [2.05, 4.69) is 15.0 Å². The standard InChI is InChI=1S/C11H11N3O/c1-8-6-9(15-2)10(14-7-8)11-12-4-3-5-13-11/h3-7H,1-2H3. The molecule has 0 aromatic carbocycles. The van der Waals surface area contributed by atoms with E-state index in [1.54, 1.807) is 31.8 Å². The van der Waals surface area contributed by atoms with Crippen molar-refractivity contribution in [2.45, 2.75) is 6.92 Å². The first-order chi connectivity index (χ1) is 7.31. The SMILES string of the molecule is COc1cc(C)cnc1-c1ncccn1. The second-order valence-corrected chi connectivity index (χ2v) is 3.14. The minimum absolute atomic E-state index is 0.578. The molecule has 2 aromatic heterocycles. The van der Waals surface area contributed by atoms with Gasteiger partial charge in [-0.3, -0.25) is 0 Å². The molecule has 0 amide bonds. The number of ether oxygens (including phenoxy) is 1. The summed E-state index contributed by atoms with van der Waals surface area (Å²) in [5.41, 5.74) is 1.72. The fourth-order valence-electron chi connectivity index (χ4n) is 1.29. The van der Waals surface area contributed by atoms with E-state index in [1.165, 1.54) is 0 Å². The van der Waals surface area contributed by atoms with Crippen molar-refractivity contribution in [3.05, 3.63) is 36.3 Å². The molecule has 0 aliphatic rings. The molecule has 0 spiro atoms. The summed E-state index contributed by atoms with van der Waals surface area (Å²) in [6.45, 7) is 1.96. The molecular weight excluding hydrogens is 190 g/mol. The quantitative estimate of drug-likeness (QED) is 0.744. The van der Waals surface area contributed by atoms with Crippen molar-refractivity contribution in [1.29, 1.82) is 0 Å². The molecule has 0 fully saturated rings. The van der Waals surface area contributed by atoms with Crippen LogP contribution >= 0.6 is 0 Å². The van der Waals surface area contributed by atoms with E-state index in [4.69, 9.17) is 4.74 Å². The molecule has 2 aromatic rings. The molecule has 0 unspecified atom stereocenters.